The lowest BCUT2D eigenvalue weighted by Gasteiger charge is -2.13. The van der Waals surface area contributed by atoms with Crippen LogP contribution in [0.4, 0.5) is 0 Å². The molecule has 0 aromatic heterocycles. The van der Waals surface area contributed by atoms with Gasteiger partial charge in [0.05, 0.1) is 6.61 Å². The number of esters is 1. The molecule has 0 aliphatic rings. The van der Waals surface area contributed by atoms with Crippen molar-refractivity contribution in [3.63, 3.8) is 0 Å². The highest BCUT2D eigenvalue weighted by Crippen LogP contribution is 2.18. The van der Waals surface area contributed by atoms with Crippen LogP contribution < -0.4 is 4.74 Å². The lowest BCUT2D eigenvalue weighted by atomic mass is 10.1. The van der Waals surface area contributed by atoms with Gasteiger partial charge in [0.2, 0.25) is 0 Å². The fourth-order valence-electron chi connectivity index (χ4n) is 1.58. The van der Waals surface area contributed by atoms with Crippen molar-refractivity contribution >= 4 is 23.7 Å². The van der Waals surface area contributed by atoms with E-state index >= 15 is 0 Å². The Balaban J connectivity index is 2.59. The molecule has 20 heavy (non-hydrogen) atoms. The Hall–Kier alpha value is -1.69. The number of carbonyl (C=O) groups excluding carboxylic acids is 1. The largest absolute Gasteiger partial charge is 0.482 e. The monoisotopic (exact) mass is 298 g/mol. The van der Waals surface area contributed by atoms with Crippen molar-refractivity contribution < 1.29 is 24.2 Å². The van der Waals surface area contributed by atoms with Gasteiger partial charge in [-0.25, -0.2) is 4.79 Å². The van der Waals surface area contributed by atoms with Gasteiger partial charge < -0.3 is 14.6 Å². The average Bonchev–Trinajstić information content (AvgIpc) is 2.44. The Kier molecular flexibility index (Phi) is 6.93. The summed E-state index contributed by atoms with van der Waals surface area (Å²) in [7, 11) is 0. The number of hydrogen-bond donors (Lipinski definition) is 1. The zero-order valence-corrected chi connectivity index (χ0v) is 12.3. The predicted molar refractivity (Wildman–Crippen MR) is 77.2 cm³/mol. The van der Waals surface area contributed by atoms with Gasteiger partial charge in [-0.1, -0.05) is 12.1 Å². The van der Waals surface area contributed by atoms with E-state index in [1.807, 2.05) is 18.4 Å². The number of ether oxygens (including phenoxy) is 2. The molecule has 1 rings (SSSR count). The third-order valence-corrected chi connectivity index (χ3v) is 3.47. The number of carbonyl (C=O) groups is 2. The SMILES string of the molecule is CCOC(=O)C(Cc1ccc(OCC(=O)O)cc1)SC. The van der Waals surface area contributed by atoms with E-state index < -0.39 is 5.97 Å². The van der Waals surface area contributed by atoms with Crippen molar-refractivity contribution in [1.29, 1.82) is 0 Å². The fraction of sp³-hybridized carbons (Fsp3) is 0.429. The van der Waals surface area contributed by atoms with E-state index in [1.165, 1.54) is 11.8 Å². The van der Waals surface area contributed by atoms with E-state index in [0.29, 0.717) is 18.8 Å². The number of aliphatic carboxylic acids is 1. The van der Waals surface area contributed by atoms with Crippen molar-refractivity contribution in [1.82, 2.24) is 0 Å². The average molecular weight is 298 g/mol. The quantitative estimate of drug-likeness (QED) is 0.740. The van der Waals surface area contributed by atoms with Crippen molar-refractivity contribution in [2.45, 2.75) is 18.6 Å². The van der Waals surface area contributed by atoms with Crippen LogP contribution in [-0.4, -0.2) is 41.8 Å². The first-order valence-corrected chi connectivity index (χ1v) is 7.48. The van der Waals surface area contributed by atoms with Crippen LogP contribution in [0.25, 0.3) is 0 Å². The molecule has 5 nitrogen and oxygen atoms in total. The molecule has 6 heteroatoms. The second kappa shape index (κ2) is 8.47. The Morgan fingerprint density at radius 3 is 2.45 bits per heavy atom. The molecule has 0 radical (unpaired) electrons. The standard InChI is InChI=1S/C14H18O5S/c1-3-18-14(17)12(20-2)8-10-4-6-11(7-5-10)19-9-13(15)16/h4-7,12H,3,8-9H2,1-2H3,(H,15,16). The van der Waals surface area contributed by atoms with Gasteiger partial charge in [0.15, 0.2) is 6.61 Å². The maximum Gasteiger partial charge on any atom is 0.341 e. The second-order valence-corrected chi connectivity index (χ2v) is 5.05. The van der Waals surface area contributed by atoms with Crippen molar-refractivity contribution in [3.05, 3.63) is 29.8 Å². The van der Waals surface area contributed by atoms with Crippen molar-refractivity contribution in [2.24, 2.45) is 0 Å². The molecule has 0 amide bonds. The minimum Gasteiger partial charge on any atom is -0.482 e. The number of carboxylic acids is 1. The van der Waals surface area contributed by atoms with Gasteiger partial charge in [-0.2, -0.15) is 0 Å². The first-order valence-electron chi connectivity index (χ1n) is 6.19. The Bertz CT molecular complexity index is 443. The summed E-state index contributed by atoms with van der Waals surface area (Å²) in [6, 6.07) is 7.03. The van der Waals surface area contributed by atoms with E-state index in [0.717, 1.165) is 5.56 Å². The van der Waals surface area contributed by atoms with E-state index in [1.54, 1.807) is 19.1 Å². The van der Waals surface area contributed by atoms with Gasteiger partial charge in [0.25, 0.3) is 0 Å². The molecule has 1 N–H and O–H groups in total. The number of hydrogen-bond acceptors (Lipinski definition) is 5. The van der Waals surface area contributed by atoms with Crippen LogP contribution in [0.3, 0.4) is 0 Å². The molecule has 0 aliphatic carbocycles. The zero-order chi connectivity index (χ0) is 15.0. The lowest BCUT2D eigenvalue weighted by molar-refractivity contribution is -0.142. The van der Waals surface area contributed by atoms with Crippen LogP contribution >= 0.6 is 11.8 Å². The molecule has 1 aromatic carbocycles. The predicted octanol–water partition coefficient (Wildman–Crippen LogP) is 1.99. The zero-order valence-electron chi connectivity index (χ0n) is 11.5. The smallest absolute Gasteiger partial charge is 0.341 e. The highest BCUT2D eigenvalue weighted by Gasteiger charge is 2.18. The fourth-order valence-corrected chi connectivity index (χ4v) is 2.20. The van der Waals surface area contributed by atoms with Crippen molar-refractivity contribution in [3.8, 4) is 5.75 Å². The highest BCUT2D eigenvalue weighted by atomic mass is 32.2. The molecule has 0 aliphatic heterocycles. The van der Waals surface area contributed by atoms with Crippen molar-refractivity contribution in [2.75, 3.05) is 19.5 Å². The summed E-state index contributed by atoms with van der Waals surface area (Å²) in [5, 5.41) is 8.28. The van der Waals surface area contributed by atoms with Gasteiger partial charge in [0, 0.05) is 0 Å². The summed E-state index contributed by atoms with van der Waals surface area (Å²) in [4.78, 5) is 22.1. The molecule has 110 valence electrons. The topological polar surface area (TPSA) is 72.8 Å². The molecule has 0 saturated heterocycles. The van der Waals surface area contributed by atoms with Gasteiger partial charge in [-0.15, -0.1) is 11.8 Å². The first kappa shape index (κ1) is 16.4. The number of carboxylic acid groups (broad SMARTS) is 1. The van der Waals surface area contributed by atoms with Crippen LogP contribution in [0.1, 0.15) is 12.5 Å². The second-order valence-electron chi connectivity index (χ2n) is 4.01. The van der Waals surface area contributed by atoms with E-state index in [-0.39, 0.29) is 17.8 Å². The molecule has 0 spiro atoms. The van der Waals surface area contributed by atoms with Gasteiger partial charge in [0.1, 0.15) is 11.0 Å². The van der Waals surface area contributed by atoms with Gasteiger partial charge in [-0.3, -0.25) is 4.79 Å². The minimum atomic E-state index is -1.01. The third-order valence-electron chi connectivity index (χ3n) is 2.54. The van der Waals surface area contributed by atoms with Crippen LogP contribution in [-0.2, 0) is 20.7 Å². The molecule has 1 aromatic rings. The molecular weight excluding hydrogens is 280 g/mol. The summed E-state index contributed by atoms with van der Waals surface area (Å²) >= 11 is 1.45. The first-order chi connectivity index (χ1) is 9.56. The number of thioether (sulfide) groups is 1. The van der Waals surface area contributed by atoms with Crippen LogP contribution in [0.2, 0.25) is 0 Å². The van der Waals surface area contributed by atoms with E-state index in [9.17, 15) is 9.59 Å². The van der Waals surface area contributed by atoms with Crippen LogP contribution in [0.15, 0.2) is 24.3 Å². The summed E-state index contributed by atoms with van der Waals surface area (Å²) in [5.74, 6) is -0.738. The minimum absolute atomic E-state index is 0.216. The third kappa shape index (κ3) is 5.52. The number of rotatable bonds is 8. The normalized spacial score (nSPS) is 11.7. The molecule has 1 atom stereocenters. The maximum absolute atomic E-state index is 11.7. The summed E-state index contributed by atoms with van der Waals surface area (Å²) < 4.78 is 10.0. The van der Waals surface area contributed by atoms with Gasteiger partial charge >= 0.3 is 11.9 Å². The summed E-state index contributed by atoms with van der Waals surface area (Å²) in [5.41, 5.74) is 0.972. The number of benzene rings is 1. The molecule has 0 bridgehead atoms. The van der Waals surface area contributed by atoms with E-state index in [4.69, 9.17) is 14.6 Å². The van der Waals surface area contributed by atoms with Crippen LogP contribution in [0, 0.1) is 0 Å². The maximum atomic E-state index is 11.7. The highest BCUT2D eigenvalue weighted by molar-refractivity contribution is 7.99. The van der Waals surface area contributed by atoms with E-state index in [2.05, 4.69) is 0 Å². The molecular formula is C14H18O5S. The van der Waals surface area contributed by atoms with Gasteiger partial charge in [-0.05, 0) is 37.3 Å². The molecule has 0 saturated carbocycles. The van der Waals surface area contributed by atoms with Crippen LogP contribution in [0.5, 0.6) is 5.75 Å². The summed E-state index contributed by atoms with van der Waals surface area (Å²) in [6.07, 6.45) is 2.44. The molecule has 1 unspecified atom stereocenters. The Morgan fingerprint density at radius 2 is 1.95 bits per heavy atom. The molecule has 0 fully saturated rings. The lowest BCUT2D eigenvalue weighted by Crippen LogP contribution is -2.22. The Morgan fingerprint density at radius 1 is 1.30 bits per heavy atom. The summed E-state index contributed by atoms with van der Waals surface area (Å²) in [6.45, 7) is 1.79. The Labute approximate surface area is 122 Å². The molecule has 0 heterocycles.